The van der Waals surface area contributed by atoms with E-state index in [4.69, 9.17) is 15.3 Å². The molecule has 0 radical (unpaired) electrons. The van der Waals surface area contributed by atoms with Crippen molar-refractivity contribution in [3.05, 3.63) is 181 Å². The van der Waals surface area contributed by atoms with E-state index in [9.17, 15) is 13.6 Å². The molecule has 8 aromatic rings. The van der Waals surface area contributed by atoms with Crippen molar-refractivity contribution in [1.29, 1.82) is 0 Å². The minimum absolute atomic E-state index is 0. The number of nitrogens with zero attached hydrogens (tertiary/aromatic N) is 11. The molecule has 18 nitrogen and oxygen atoms in total. The summed E-state index contributed by atoms with van der Waals surface area (Å²) in [6.07, 6.45) is 16.1. The second-order valence-corrected chi connectivity index (χ2v) is 15.7. The average molecular weight is 974 g/mol. The zero-order chi connectivity index (χ0) is 49.0. The number of hydrogen-bond acceptors (Lipinski definition) is 18. The average Bonchev–Trinajstić information content (AvgIpc) is 3.44. The van der Waals surface area contributed by atoms with Gasteiger partial charge < -0.3 is 24.6 Å². The van der Waals surface area contributed by atoms with Crippen LogP contribution in [-0.4, -0.2) is 105 Å². The molecule has 2 aromatic carbocycles. The number of ether oxygens (including phenoxy) is 2. The molecule has 72 heavy (non-hydrogen) atoms. The first-order chi connectivity index (χ1) is 34.9. The molecule has 0 saturated carbocycles. The molecule has 2 aliphatic heterocycles. The maximum absolute atomic E-state index is 14.1. The van der Waals surface area contributed by atoms with Gasteiger partial charge in [0.25, 0.3) is 0 Å². The van der Waals surface area contributed by atoms with Crippen molar-refractivity contribution in [3.63, 3.8) is 0 Å². The number of nitrogens with one attached hydrogen (secondary N) is 3. The normalized spacial score (nSPS) is 13.1. The standard InChI is InChI=1S/C25H23FN8O.C18H14N2O.C8H12FN5O.CH4/c26-23-17-29-25(32-24(23)34-10-12-35-13-11-34)33-30-16-21-7-8-22(15-28-21)31-20-5-3-18(4-6-20)19-2-1-9-27-14-19;21-13-18-8-5-15(11-20-18)10-14-3-6-16(7-4-14)17-2-1-9-19-12-17;9-6-5-11-8(13-10)12-7(6)14-1-3-15-4-2-14;/h1-9,14-17,31H,10-13H2,(H,29,32,33);1-9,11-13H,10H2;5H,1-4,10H2,(H,11,12,13);1H4/b30-16+;;;. The van der Waals surface area contributed by atoms with Crippen LogP contribution in [0, 0.1) is 11.6 Å². The van der Waals surface area contributed by atoms with Gasteiger partial charge in [-0.05, 0) is 82.3 Å². The Labute approximate surface area is 415 Å². The van der Waals surface area contributed by atoms with Gasteiger partial charge in [0.2, 0.25) is 11.9 Å². The third-order valence-electron chi connectivity index (χ3n) is 10.8. The molecule has 5 N–H and O–H groups in total. The Balaban J connectivity index is 0.000000174. The van der Waals surface area contributed by atoms with Gasteiger partial charge >= 0.3 is 0 Å². The van der Waals surface area contributed by atoms with Gasteiger partial charge in [0.1, 0.15) is 5.69 Å². The number of anilines is 6. The topological polar surface area (TPSA) is 220 Å². The van der Waals surface area contributed by atoms with Gasteiger partial charge in [-0.3, -0.25) is 30.2 Å². The van der Waals surface area contributed by atoms with Crippen molar-refractivity contribution in [1.82, 2.24) is 39.9 Å². The van der Waals surface area contributed by atoms with Crippen LogP contribution in [0.5, 0.6) is 0 Å². The number of morpholine rings is 2. The number of aldehydes is 1. The third-order valence-corrected chi connectivity index (χ3v) is 10.8. The van der Waals surface area contributed by atoms with Crippen LogP contribution in [0.3, 0.4) is 0 Å². The summed E-state index contributed by atoms with van der Waals surface area (Å²) >= 11 is 0. The molecule has 2 saturated heterocycles. The summed E-state index contributed by atoms with van der Waals surface area (Å²) in [6, 6.07) is 31.9. The number of aromatic nitrogens is 8. The Morgan fingerprint density at radius 1 is 0.583 bits per heavy atom. The van der Waals surface area contributed by atoms with Gasteiger partial charge in [-0.15, -0.1) is 0 Å². The van der Waals surface area contributed by atoms with Crippen molar-refractivity contribution >= 4 is 47.4 Å². The molecule has 0 atom stereocenters. The molecule has 20 heteroatoms. The zero-order valence-corrected chi connectivity index (χ0v) is 38.4. The van der Waals surface area contributed by atoms with E-state index < -0.39 is 11.6 Å². The quantitative estimate of drug-likeness (QED) is 0.0372. The fourth-order valence-electron chi connectivity index (χ4n) is 7.19. The van der Waals surface area contributed by atoms with E-state index in [1.807, 2.05) is 84.0 Å². The second-order valence-electron chi connectivity index (χ2n) is 15.7. The predicted molar refractivity (Wildman–Crippen MR) is 275 cm³/mol. The number of hydrazone groups is 1. The lowest BCUT2D eigenvalue weighted by atomic mass is 10.0. The Kier molecular flexibility index (Phi) is 18.7. The Hall–Kier alpha value is -8.72. The zero-order valence-electron chi connectivity index (χ0n) is 38.4. The SMILES string of the molecule is C.Fc1cnc(N/N=C/c2ccc(Nc3ccc(-c4cccnc4)cc3)cn2)nc1N1CCOCC1.NNc1ncc(F)c(N2CCOCC2)n1.O=Cc1ccc(Cc2ccc(-c3cccnc3)cc2)cn1. The molecule has 2 aliphatic rings. The monoisotopic (exact) mass is 973 g/mol. The van der Waals surface area contributed by atoms with Gasteiger partial charge in [0.05, 0.1) is 62.6 Å². The number of nitrogen functional groups attached to an aromatic ring is 1. The Morgan fingerprint density at radius 3 is 1.62 bits per heavy atom. The largest absolute Gasteiger partial charge is 0.378 e. The first-order valence-electron chi connectivity index (χ1n) is 22.5. The second kappa shape index (κ2) is 26.3. The van der Waals surface area contributed by atoms with E-state index in [1.165, 1.54) is 5.56 Å². The number of rotatable bonds is 13. The lowest BCUT2D eigenvalue weighted by molar-refractivity contribution is 0.111. The number of pyridine rings is 4. The van der Waals surface area contributed by atoms with Crippen LogP contribution in [0.25, 0.3) is 22.3 Å². The fraction of sp³-hybridized carbons (Fsp3) is 0.192. The van der Waals surface area contributed by atoms with Crippen LogP contribution < -0.4 is 31.8 Å². The lowest BCUT2D eigenvalue weighted by Gasteiger charge is -2.27. The Bertz CT molecular complexity index is 2930. The highest BCUT2D eigenvalue weighted by Crippen LogP contribution is 2.24. The van der Waals surface area contributed by atoms with E-state index >= 15 is 0 Å². The summed E-state index contributed by atoms with van der Waals surface area (Å²) in [5, 5.41) is 7.45. The van der Waals surface area contributed by atoms with Crippen molar-refractivity contribution in [2.24, 2.45) is 10.9 Å². The highest BCUT2D eigenvalue weighted by atomic mass is 19.1. The molecule has 10 rings (SSSR count). The van der Waals surface area contributed by atoms with Gasteiger partial charge in [-0.25, -0.2) is 30.0 Å². The number of halogens is 2. The van der Waals surface area contributed by atoms with Gasteiger partial charge in [-0.2, -0.15) is 15.1 Å². The number of nitrogens with two attached hydrogens (primary N) is 1. The van der Waals surface area contributed by atoms with Crippen LogP contribution in [0.15, 0.2) is 152 Å². The molecular weight excluding hydrogens is 921 g/mol. The third kappa shape index (κ3) is 14.7. The van der Waals surface area contributed by atoms with Gasteiger partial charge in [0.15, 0.2) is 29.6 Å². The molecule has 0 spiro atoms. The number of hydrazine groups is 1. The Morgan fingerprint density at radius 2 is 1.11 bits per heavy atom. The highest BCUT2D eigenvalue weighted by molar-refractivity contribution is 5.78. The number of carbonyl (C=O) groups is 1. The highest BCUT2D eigenvalue weighted by Gasteiger charge is 2.19. The summed E-state index contributed by atoms with van der Waals surface area (Å²) in [6.45, 7) is 4.64. The summed E-state index contributed by atoms with van der Waals surface area (Å²) in [4.78, 5) is 46.8. The summed E-state index contributed by atoms with van der Waals surface area (Å²) in [5.41, 5.74) is 14.7. The summed E-state index contributed by atoms with van der Waals surface area (Å²) in [7, 11) is 0. The molecule has 6 aromatic heterocycles. The van der Waals surface area contributed by atoms with E-state index in [0.29, 0.717) is 64.0 Å². The maximum Gasteiger partial charge on any atom is 0.245 e. The minimum atomic E-state index is -0.474. The van der Waals surface area contributed by atoms with Crippen molar-refractivity contribution < 1.29 is 23.0 Å². The molecule has 8 heterocycles. The van der Waals surface area contributed by atoms with Crippen LogP contribution in [0.1, 0.15) is 34.7 Å². The smallest absolute Gasteiger partial charge is 0.245 e. The van der Waals surface area contributed by atoms with E-state index in [-0.39, 0.29) is 31.0 Å². The van der Waals surface area contributed by atoms with E-state index in [2.05, 4.69) is 85.4 Å². The first kappa shape index (κ1) is 51.1. The van der Waals surface area contributed by atoms with Crippen LogP contribution in [0.2, 0.25) is 0 Å². The van der Waals surface area contributed by atoms with Crippen LogP contribution >= 0.6 is 0 Å². The maximum atomic E-state index is 14.1. The van der Waals surface area contributed by atoms with Crippen molar-refractivity contribution in [3.8, 4) is 22.3 Å². The molecule has 0 unspecified atom stereocenters. The van der Waals surface area contributed by atoms with Gasteiger partial charge in [-0.1, -0.05) is 62.0 Å². The number of carbonyl (C=O) groups excluding carboxylic acids is 1. The van der Waals surface area contributed by atoms with Crippen molar-refractivity contribution in [2.45, 2.75) is 13.8 Å². The first-order valence-corrected chi connectivity index (χ1v) is 22.5. The fourth-order valence-corrected chi connectivity index (χ4v) is 7.19. The van der Waals surface area contributed by atoms with E-state index in [1.54, 1.807) is 42.0 Å². The van der Waals surface area contributed by atoms with Gasteiger partial charge in [0, 0.05) is 62.9 Å². The number of benzene rings is 2. The molecular formula is C52H53F2N15O3. The molecule has 0 bridgehead atoms. The summed E-state index contributed by atoms with van der Waals surface area (Å²) in [5.74, 6) is 5.15. The molecule has 2 fully saturated rings. The molecule has 368 valence electrons. The van der Waals surface area contributed by atoms with Crippen molar-refractivity contribution in [2.75, 3.05) is 78.6 Å². The lowest BCUT2D eigenvalue weighted by Crippen LogP contribution is -2.37. The summed E-state index contributed by atoms with van der Waals surface area (Å²) < 4.78 is 38.0. The number of hydrogen-bond donors (Lipinski definition) is 4. The van der Waals surface area contributed by atoms with Crippen LogP contribution in [0.4, 0.5) is 43.7 Å². The minimum Gasteiger partial charge on any atom is -0.378 e. The molecule has 0 aliphatic carbocycles. The molecule has 0 amide bonds. The predicted octanol–water partition coefficient (Wildman–Crippen LogP) is 8.02. The van der Waals surface area contributed by atoms with Crippen LogP contribution in [-0.2, 0) is 15.9 Å². The van der Waals surface area contributed by atoms with E-state index in [0.717, 1.165) is 64.3 Å².